The van der Waals surface area contributed by atoms with E-state index in [9.17, 15) is 14.9 Å². The Kier molecular flexibility index (Phi) is 2.55. The second-order valence-corrected chi connectivity index (χ2v) is 3.28. The first-order valence-electron chi connectivity index (χ1n) is 4.64. The van der Waals surface area contributed by atoms with Crippen molar-refractivity contribution in [3.05, 3.63) is 62.8 Å². The minimum atomic E-state index is -0.451. The highest BCUT2D eigenvalue weighted by atomic mass is 16.6. The summed E-state index contributed by atoms with van der Waals surface area (Å²) in [5.74, 6) is 0. The monoisotopic (exact) mass is 219 g/mol. The van der Waals surface area contributed by atoms with Crippen LogP contribution in [0.3, 0.4) is 0 Å². The summed E-state index contributed by atoms with van der Waals surface area (Å²) in [4.78, 5) is 24.0. The molecule has 0 unspecified atom stereocenters. The van der Waals surface area contributed by atoms with Gasteiger partial charge < -0.3 is 4.98 Å². The molecule has 0 saturated heterocycles. The molecule has 16 heavy (non-hydrogen) atoms. The molecule has 1 heterocycles. The number of nitro groups is 1. The van der Waals surface area contributed by atoms with Crippen molar-refractivity contribution < 1.29 is 4.92 Å². The molecule has 0 spiro atoms. The standard InChI is InChI=1S/C10H9N3O3/c14-10-11-5-6-12(10)7-8-3-1-2-4-9(8)13(15)16/h1-6H,7H2,(H,11,14). The maximum absolute atomic E-state index is 11.2. The normalized spacial score (nSPS) is 10.2. The number of hydrogen-bond acceptors (Lipinski definition) is 3. The Bertz CT molecular complexity index is 570. The van der Waals surface area contributed by atoms with E-state index >= 15 is 0 Å². The predicted molar refractivity (Wildman–Crippen MR) is 57.3 cm³/mol. The molecule has 2 aromatic rings. The van der Waals surface area contributed by atoms with E-state index in [2.05, 4.69) is 4.98 Å². The van der Waals surface area contributed by atoms with Crippen LogP contribution in [-0.4, -0.2) is 14.5 Å². The third-order valence-corrected chi connectivity index (χ3v) is 2.25. The van der Waals surface area contributed by atoms with E-state index in [1.165, 1.54) is 16.8 Å². The van der Waals surface area contributed by atoms with Crippen molar-refractivity contribution >= 4 is 5.69 Å². The molecule has 0 aliphatic heterocycles. The van der Waals surface area contributed by atoms with Crippen molar-refractivity contribution in [2.75, 3.05) is 0 Å². The highest BCUT2D eigenvalue weighted by molar-refractivity contribution is 5.39. The van der Waals surface area contributed by atoms with Crippen LogP contribution in [0.5, 0.6) is 0 Å². The van der Waals surface area contributed by atoms with E-state index in [0.717, 1.165) is 0 Å². The van der Waals surface area contributed by atoms with Crippen LogP contribution >= 0.6 is 0 Å². The number of nitrogens with zero attached hydrogens (tertiary/aromatic N) is 2. The van der Waals surface area contributed by atoms with Gasteiger partial charge in [-0.05, 0) is 0 Å². The Labute approximate surface area is 90.3 Å². The van der Waals surface area contributed by atoms with E-state index in [-0.39, 0.29) is 17.9 Å². The summed E-state index contributed by atoms with van der Waals surface area (Å²) in [5, 5.41) is 10.7. The van der Waals surface area contributed by atoms with E-state index in [0.29, 0.717) is 5.56 Å². The topological polar surface area (TPSA) is 80.9 Å². The molecule has 0 aliphatic carbocycles. The van der Waals surface area contributed by atoms with E-state index in [1.807, 2.05) is 0 Å². The smallest absolute Gasteiger partial charge is 0.313 e. The average molecular weight is 219 g/mol. The summed E-state index contributed by atoms with van der Waals surface area (Å²) in [6, 6.07) is 6.37. The summed E-state index contributed by atoms with van der Waals surface area (Å²) in [7, 11) is 0. The van der Waals surface area contributed by atoms with Gasteiger partial charge in [0.1, 0.15) is 0 Å². The fourth-order valence-electron chi connectivity index (χ4n) is 1.48. The lowest BCUT2D eigenvalue weighted by Crippen LogP contribution is -2.17. The number of benzene rings is 1. The van der Waals surface area contributed by atoms with E-state index < -0.39 is 4.92 Å². The number of H-pyrrole nitrogens is 1. The van der Waals surface area contributed by atoms with Gasteiger partial charge in [-0.1, -0.05) is 18.2 Å². The van der Waals surface area contributed by atoms with Crippen LogP contribution in [0, 0.1) is 10.1 Å². The quantitative estimate of drug-likeness (QED) is 0.620. The lowest BCUT2D eigenvalue weighted by molar-refractivity contribution is -0.385. The molecule has 0 aliphatic rings. The van der Waals surface area contributed by atoms with E-state index in [4.69, 9.17) is 0 Å². The molecule has 1 N–H and O–H groups in total. The summed E-state index contributed by atoms with van der Waals surface area (Å²) in [6.07, 6.45) is 3.05. The summed E-state index contributed by atoms with van der Waals surface area (Å²) < 4.78 is 1.38. The molecule has 0 radical (unpaired) electrons. The lowest BCUT2D eigenvalue weighted by Gasteiger charge is -2.02. The van der Waals surface area contributed by atoms with Gasteiger partial charge in [0.15, 0.2) is 0 Å². The molecule has 1 aromatic carbocycles. The number of nitro benzene ring substituents is 1. The third kappa shape index (κ3) is 1.85. The van der Waals surface area contributed by atoms with Crippen LogP contribution in [0.25, 0.3) is 0 Å². The highest BCUT2D eigenvalue weighted by Crippen LogP contribution is 2.17. The highest BCUT2D eigenvalue weighted by Gasteiger charge is 2.12. The van der Waals surface area contributed by atoms with Gasteiger partial charge in [0.05, 0.1) is 11.5 Å². The van der Waals surface area contributed by atoms with E-state index in [1.54, 1.807) is 24.4 Å². The van der Waals surface area contributed by atoms with Gasteiger partial charge in [-0.25, -0.2) is 4.79 Å². The van der Waals surface area contributed by atoms with Gasteiger partial charge in [0.2, 0.25) is 0 Å². The van der Waals surface area contributed by atoms with Crippen LogP contribution < -0.4 is 5.69 Å². The molecule has 0 fully saturated rings. The molecule has 6 nitrogen and oxygen atoms in total. The van der Waals surface area contributed by atoms with Gasteiger partial charge in [0.25, 0.3) is 5.69 Å². The van der Waals surface area contributed by atoms with Gasteiger partial charge >= 0.3 is 5.69 Å². The first kappa shape index (κ1) is 10.2. The zero-order chi connectivity index (χ0) is 11.5. The number of para-hydroxylation sites is 1. The molecule has 1 aromatic heterocycles. The number of imidazole rings is 1. The minimum absolute atomic E-state index is 0.0237. The first-order valence-corrected chi connectivity index (χ1v) is 4.64. The van der Waals surface area contributed by atoms with Gasteiger partial charge in [-0.2, -0.15) is 0 Å². The molecule has 0 saturated carbocycles. The Balaban J connectivity index is 2.39. The summed E-state index contributed by atoms with van der Waals surface area (Å²) in [5.41, 5.74) is 0.253. The Morgan fingerprint density at radius 1 is 1.38 bits per heavy atom. The maximum atomic E-state index is 11.2. The Hall–Kier alpha value is -2.37. The fraction of sp³-hybridized carbons (Fsp3) is 0.100. The average Bonchev–Trinajstić information content (AvgIpc) is 2.65. The van der Waals surface area contributed by atoms with Gasteiger partial charge in [-0.3, -0.25) is 14.7 Å². The van der Waals surface area contributed by atoms with Crippen molar-refractivity contribution in [2.45, 2.75) is 6.54 Å². The number of hydrogen-bond donors (Lipinski definition) is 1. The van der Waals surface area contributed by atoms with Crippen LogP contribution in [0.4, 0.5) is 5.69 Å². The Morgan fingerprint density at radius 3 is 2.75 bits per heavy atom. The molecule has 0 amide bonds. The van der Waals surface area contributed by atoms with Crippen LogP contribution in [-0.2, 0) is 6.54 Å². The molecule has 0 bridgehead atoms. The van der Waals surface area contributed by atoms with Gasteiger partial charge in [0, 0.05) is 24.0 Å². The van der Waals surface area contributed by atoms with Crippen LogP contribution in [0.1, 0.15) is 5.56 Å². The number of nitrogens with one attached hydrogen (secondary N) is 1. The van der Waals surface area contributed by atoms with Crippen molar-refractivity contribution in [3.8, 4) is 0 Å². The molecule has 6 heteroatoms. The molecule has 2 rings (SSSR count). The molecule has 0 atom stereocenters. The molecular weight excluding hydrogens is 210 g/mol. The maximum Gasteiger partial charge on any atom is 0.325 e. The fourth-order valence-corrected chi connectivity index (χ4v) is 1.48. The largest absolute Gasteiger partial charge is 0.325 e. The van der Waals surface area contributed by atoms with Crippen molar-refractivity contribution in [2.24, 2.45) is 0 Å². The summed E-state index contributed by atoms with van der Waals surface area (Å²) in [6.45, 7) is 0.194. The van der Waals surface area contributed by atoms with Crippen molar-refractivity contribution in [3.63, 3.8) is 0 Å². The van der Waals surface area contributed by atoms with Crippen molar-refractivity contribution in [1.82, 2.24) is 9.55 Å². The lowest BCUT2D eigenvalue weighted by atomic mass is 10.2. The zero-order valence-electron chi connectivity index (χ0n) is 8.29. The first-order chi connectivity index (χ1) is 7.68. The van der Waals surface area contributed by atoms with Gasteiger partial charge in [-0.15, -0.1) is 0 Å². The van der Waals surface area contributed by atoms with Crippen LogP contribution in [0.2, 0.25) is 0 Å². The summed E-state index contributed by atoms with van der Waals surface area (Å²) >= 11 is 0. The van der Waals surface area contributed by atoms with Crippen LogP contribution in [0.15, 0.2) is 41.5 Å². The minimum Gasteiger partial charge on any atom is -0.313 e. The number of rotatable bonds is 3. The molecular formula is C10H9N3O3. The number of aromatic amines is 1. The zero-order valence-corrected chi connectivity index (χ0v) is 8.29. The number of aromatic nitrogens is 2. The predicted octanol–water partition coefficient (Wildman–Crippen LogP) is 1.13. The molecule has 82 valence electrons. The van der Waals surface area contributed by atoms with Crippen molar-refractivity contribution in [1.29, 1.82) is 0 Å². The SMILES string of the molecule is O=c1[nH]ccn1Cc1ccccc1[N+](=O)[O-]. The Morgan fingerprint density at radius 2 is 2.12 bits per heavy atom. The second-order valence-electron chi connectivity index (χ2n) is 3.28. The third-order valence-electron chi connectivity index (χ3n) is 2.25. The second kappa shape index (κ2) is 4.01.